The Hall–Kier alpha value is -4.05. The van der Waals surface area contributed by atoms with Gasteiger partial charge in [0.2, 0.25) is 5.91 Å². The van der Waals surface area contributed by atoms with Gasteiger partial charge in [0.15, 0.2) is 5.96 Å². The second kappa shape index (κ2) is 14.6. The quantitative estimate of drug-likeness (QED) is 0.105. The lowest BCUT2D eigenvalue weighted by Crippen LogP contribution is -2.52. The summed E-state index contributed by atoms with van der Waals surface area (Å²) >= 11 is 0. The van der Waals surface area contributed by atoms with Crippen molar-refractivity contribution < 1.29 is 23.9 Å². The van der Waals surface area contributed by atoms with Crippen molar-refractivity contribution in [3.05, 3.63) is 72.3 Å². The highest BCUT2D eigenvalue weighted by Gasteiger charge is 2.30. The molecule has 2 atom stereocenters. The van der Waals surface area contributed by atoms with Gasteiger partial charge in [-0.1, -0.05) is 54.6 Å². The van der Waals surface area contributed by atoms with Crippen molar-refractivity contribution in [2.45, 2.75) is 37.3 Å². The minimum Gasteiger partial charge on any atom is -0.467 e. The molecule has 0 heterocycles. The summed E-state index contributed by atoms with van der Waals surface area (Å²) in [5.41, 5.74) is 15.1. The molecule has 2 aromatic rings. The van der Waals surface area contributed by atoms with Crippen molar-refractivity contribution >= 4 is 36.3 Å². The maximum Gasteiger partial charge on any atom is 0.407 e. The molecule has 0 saturated heterocycles. The lowest BCUT2D eigenvalue weighted by atomic mass is 9.98. The van der Waals surface area contributed by atoms with Crippen molar-refractivity contribution in [1.82, 2.24) is 10.6 Å². The zero-order chi connectivity index (χ0) is 26.8. The number of carbonyl (C=O) groups is 3. The molecule has 0 unspecified atom stereocenters. The van der Waals surface area contributed by atoms with Crippen LogP contribution < -0.4 is 22.1 Å². The molecule has 10 nitrogen and oxygen atoms in total. The van der Waals surface area contributed by atoms with Gasteiger partial charge in [0.05, 0.1) is 7.11 Å². The van der Waals surface area contributed by atoms with E-state index in [1.165, 1.54) is 13.2 Å². The number of methoxy groups -OCH3 is 1. The van der Waals surface area contributed by atoms with Crippen molar-refractivity contribution in [3.63, 3.8) is 0 Å². The molecule has 0 saturated carbocycles. The minimum atomic E-state index is -0.984. The van der Waals surface area contributed by atoms with Crippen LogP contribution in [0.15, 0.2) is 66.2 Å². The van der Waals surface area contributed by atoms with Crippen LogP contribution in [0.5, 0.6) is 0 Å². The Kier molecular flexibility index (Phi) is 11.6. The number of hydrogen-bond acceptors (Lipinski definition) is 6. The Bertz CT molecular complexity index is 1120. The van der Waals surface area contributed by atoms with Gasteiger partial charge >= 0.3 is 12.1 Å². The van der Waals surface area contributed by atoms with Crippen LogP contribution in [0.4, 0.5) is 4.79 Å². The third-order valence-corrected chi connectivity index (χ3v) is 6.10. The lowest BCUT2D eigenvalue weighted by molar-refractivity contribution is -0.145. The predicted octanol–water partition coefficient (Wildman–Crippen LogP) is 2.60. The first-order valence-corrected chi connectivity index (χ1v) is 12.0. The van der Waals surface area contributed by atoms with E-state index in [4.69, 9.17) is 20.9 Å². The number of esters is 1. The van der Waals surface area contributed by atoms with Crippen molar-refractivity contribution in [3.8, 4) is 11.1 Å². The van der Waals surface area contributed by atoms with Gasteiger partial charge in [-0.3, -0.25) is 9.79 Å². The van der Waals surface area contributed by atoms with E-state index in [1.54, 1.807) is 0 Å². The van der Waals surface area contributed by atoms with Crippen molar-refractivity contribution in [2.24, 2.45) is 16.5 Å². The molecule has 0 bridgehead atoms. The number of hydrogen-bond donors (Lipinski definition) is 4. The number of amides is 2. The standard InChI is InChI=1S/C27H33N5O5.ClH/c1-3-9-23(25(34)36-2)31-24(33)22(14-8-15-30-26(28)29)32-27(35)37-16-21-19-12-6-4-10-17(19)18-11-5-7-13-20(18)21;/h3-7,10-13,21-23H,1,8-9,14-16H2,2H3,(H,31,33)(H,32,35)(H4,28,29,30);1H/t22-,23+;/m1./s1. The minimum absolute atomic E-state index is 0. The summed E-state index contributed by atoms with van der Waals surface area (Å²) in [4.78, 5) is 41.7. The van der Waals surface area contributed by atoms with Gasteiger partial charge in [-0.2, -0.15) is 0 Å². The molecule has 11 heteroatoms. The summed E-state index contributed by atoms with van der Waals surface area (Å²) in [6.07, 6.45) is 1.54. The molecule has 0 fully saturated rings. The first-order valence-electron chi connectivity index (χ1n) is 12.0. The number of halogens is 1. The van der Waals surface area contributed by atoms with E-state index < -0.39 is 30.1 Å². The molecular weight excluding hydrogens is 510 g/mol. The maximum absolute atomic E-state index is 13.0. The molecule has 0 aliphatic heterocycles. The van der Waals surface area contributed by atoms with Gasteiger partial charge in [0, 0.05) is 12.5 Å². The summed E-state index contributed by atoms with van der Waals surface area (Å²) in [7, 11) is 1.23. The van der Waals surface area contributed by atoms with Gasteiger partial charge in [0.1, 0.15) is 18.7 Å². The van der Waals surface area contributed by atoms with Crippen LogP contribution in [-0.4, -0.2) is 56.3 Å². The number of carbonyl (C=O) groups excluding carboxylic acids is 3. The van der Waals surface area contributed by atoms with E-state index in [-0.39, 0.29) is 50.3 Å². The first-order chi connectivity index (χ1) is 17.8. The normalized spacial score (nSPS) is 13.0. The number of guanidine groups is 1. The van der Waals surface area contributed by atoms with Gasteiger partial charge in [-0.15, -0.1) is 19.0 Å². The molecule has 6 N–H and O–H groups in total. The van der Waals surface area contributed by atoms with Gasteiger partial charge in [0.25, 0.3) is 0 Å². The zero-order valence-corrected chi connectivity index (χ0v) is 22.0. The zero-order valence-electron chi connectivity index (χ0n) is 21.2. The fourth-order valence-electron chi connectivity index (χ4n) is 4.35. The maximum atomic E-state index is 13.0. The van der Waals surface area contributed by atoms with E-state index in [0.717, 1.165) is 22.3 Å². The molecule has 0 radical (unpaired) electrons. The monoisotopic (exact) mass is 543 g/mol. The summed E-state index contributed by atoms with van der Waals surface area (Å²) < 4.78 is 10.3. The second-order valence-electron chi connectivity index (χ2n) is 8.58. The molecule has 1 aliphatic rings. The Labute approximate surface area is 228 Å². The molecule has 38 heavy (non-hydrogen) atoms. The third kappa shape index (κ3) is 7.72. The van der Waals surface area contributed by atoms with Crippen LogP contribution in [0.1, 0.15) is 36.3 Å². The molecule has 2 amide bonds. The third-order valence-electron chi connectivity index (χ3n) is 6.10. The van der Waals surface area contributed by atoms with E-state index in [1.807, 2.05) is 48.5 Å². The molecule has 0 spiro atoms. The lowest BCUT2D eigenvalue weighted by Gasteiger charge is -2.22. The average molecular weight is 544 g/mol. The van der Waals surface area contributed by atoms with Gasteiger partial charge in [-0.25, -0.2) is 9.59 Å². The van der Waals surface area contributed by atoms with E-state index in [9.17, 15) is 14.4 Å². The number of nitrogens with two attached hydrogens (primary N) is 2. The number of rotatable bonds is 12. The first kappa shape index (κ1) is 30.2. The summed E-state index contributed by atoms with van der Waals surface area (Å²) in [5.74, 6) is -1.37. The van der Waals surface area contributed by atoms with Gasteiger partial charge < -0.3 is 31.6 Å². The largest absolute Gasteiger partial charge is 0.467 e. The molecule has 204 valence electrons. The Morgan fingerprint density at radius 1 is 1.03 bits per heavy atom. The van der Waals surface area contributed by atoms with Crippen LogP contribution >= 0.6 is 12.4 Å². The summed E-state index contributed by atoms with van der Waals surface area (Å²) in [6, 6.07) is 14.1. The number of ether oxygens (including phenoxy) is 2. The number of nitrogens with one attached hydrogen (secondary N) is 2. The number of fused-ring (bicyclic) bond motifs is 3. The van der Waals surface area contributed by atoms with Gasteiger partial charge in [-0.05, 0) is 41.5 Å². The smallest absolute Gasteiger partial charge is 0.407 e. The van der Waals surface area contributed by atoms with E-state index >= 15 is 0 Å². The van der Waals surface area contributed by atoms with Crippen molar-refractivity contribution in [1.29, 1.82) is 0 Å². The highest BCUT2D eigenvalue weighted by molar-refractivity contribution is 5.89. The molecule has 0 aromatic heterocycles. The van der Waals surface area contributed by atoms with Crippen LogP contribution in [0.3, 0.4) is 0 Å². The number of alkyl carbamates (subject to hydrolysis) is 1. The highest BCUT2D eigenvalue weighted by Crippen LogP contribution is 2.44. The second-order valence-corrected chi connectivity index (χ2v) is 8.58. The van der Waals surface area contributed by atoms with Crippen LogP contribution in [-0.2, 0) is 19.1 Å². The van der Waals surface area contributed by atoms with Crippen LogP contribution in [0.2, 0.25) is 0 Å². The Morgan fingerprint density at radius 3 is 2.18 bits per heavy atom. The van der Waals surface area contributed by atoms with Crippen molar-refractivity contribution in [2.75, 3.05) is 20.3 Å². The van der Waals surface area contributed by atoms with Crippen LogP contribution in [0.25, 0.3) is 11.1 Å². The Morgan fingerprint density at radius 2 is 1.63 bits per heavy atom. The van der Waals surface area contributed by atoms with Crippen LogP contribution in [0, 0.1) is 0 Å². The number of aliphatic imine (C=N–C) groups is 1. The summed E-state index contributed by atoms with van der Waals surface area (Å²) in [6.45, 7) is 3.97. The fraction of sp³-hybridized carbons (Fsp3) is 0.333. The SMILES string of the molecule is C=CC[C@H](NC(=O)[C@@H](CCCN=C(N)N)NC(=O)OCC1c2ccccc2-c2ccccc21)C(=O)OC.Cl. The topological polar surface area (TPSA) is 158 Å². The molecule has 2 aromatic carbocycles. The van der Waals surface area contributed by atoms with E-state index in [2.05, 4.69) is 22.2 Å². The number of nitrogens with zero attached hydrogens (tertiary/aromatic N) is 1. The number of benzene rings is 2. The average Bonchev–Trinajstić information content (AvgIpc) is 3.22. The fourth-order valence-corrected chi connectivity index (χ4v) is 4.35. The summed E-state index contributed by atoms with van der Waals surface area (Å²) in [5, 5.41) is 5.23. The Balaban J connectivity index is 0.00000507. The molecular formula is C27H34ClN5O5. The highest BCUT2D eigenvalue weighted by atomic mass is 35.5. The molecule has 3 rings (SSSR count). The molecule has 1 aliphatic carbocycles. The van der Waals surface area contributed by atoms with E-state index in [0.29, 0.717) is 6.42 Å². The predicted molar refractivity (Wildman–Crippen MR) is 148 cm³/mol.